The summed E-state index contributed by atoms with van der Waals surface area (Å²) in [4.78, 5) is 24.3. The van der Waals surface area contributed by atoms with Gasteiger partial charge in [0.25, 0.3) is 0 Å². The lowest BCUT2D eigenvalue weighted by atomic mass is 10.0. The Bertz CT molecular complexity index is 765. The van der Waals surface area contributed by atoms with E-state index in [4.69, 9.17) is 4.74 Å². The Balaban J connectivity index is 1.85. The second kappa shape index (κ2) is 10.4. The fourth-order valence-corrected chi connectivity index (χ4v) is 2.77. The average molecular weight is 370 g/mol. The lowest BCUT2D eigenvalue weighted by molar-refractivity contribution is -0.134. The Hall–Kier alpha value is -2.82. The van der Waals surface area contributed by atoms with Crippen LogP contribution in [-0.4, -0.2) is 22.0 Å². The highest BCUT2D eigenvalue weighted by Crippen LogP contribution is 2.25. The zero-order valence-electron chi connectivity index (χ0n) is 15.6. The van der Waals surface area contributed by atoms with Crippen molar-refractivity contribution in [2.45, 2.75) is 51.9 Å². The van der Waals surface area contributed by atoms with Gasteiger partial charge in [-0.2, -0.15) is 0 Å². The molecule has 0 aliphatic heterocycles. The Morgan fingerprint density at radius 1 is 0.889 bits per heavy atom. The van der Waals surface area contributed by atoms with Crippen molar-refractivity contribution in [1.29, 1.82) is 0 Å². The van der Waals surface area contributed by atoms with Crippen LogP contribution in [-0.2, 0) is 4.79 Å². The minimum Gasteiger partial charge on any atom is -0.508 e. The zero-order chi connectivity index (χ0) is 19.6. The maximum absolute atomic E-state index is 12.4. The second-order valence-corrected chi connectivity index (χ2v) is 6.55. The molecular formula is C22H26O5. The highest BCUT2D eigenvalue weighted by Gasteiger charge is 2.14. The molecule has 27 heavy (non-hydrogen) atoms. The van der Waals surface area contributed by atoms with E-state index in [9.17, 15) is 19.8 Å². The van der Waals surface area contributed by atoms with E-state index in [0.29, 0.717) is 17.7 Å². The normalized spacial score (nSPS) is 10.6. The third-order valence-electron chi connectivity index (χ3n) is 4.31. The van der Waals surface area contributed by atoms with Crippen LogP contribution in [0.4, 0.5) is 0 Å². The Morgan fingerprint density at radius 3 is 2.22 bits per heavy atom. The molecule has 0 amide bonds. The zero-order valence-corrected chi connectivity index (χ0v) is 15.6. The molecule has 0 heterocycles. The summed E-state index contributed by atoms with van der Waals surface area (Å²) in [5.74, 6) is -0.665. The van der Waals surface area contributed by atoms with Crippen molar-refractivity contribution in [2.24, 2.45) is 0 Å². The van der Waals surface area contributed by atoms with Gasteiger partial charge in [0.15, 0.2) is 5.78 Å². The number of carbonyl (C=O) groups excluding carboxylic acids is 2. The Labute approximate surface area is 159 Å². The van der Waals surface area contributed by atoms with Crippen molar-refractivity contribution >= 4 is 11.8 Å². The molecule has 5 heteroatoms. The highest BCUT2D eigenvalue weighted by atomic mass is 16.5. The van der Waals surface area contributed by atoms with Crippen LogP contribution in [0.25, 0.3) is 0 Å². The Kier molecular flexibility index (Phi) is 7.86. The van der Waals surface area contributed by atoms with Crippen LogP contribution in [0.3, 0.4) is 0 Å². The van der Waals surface area contributed by atoms with Gasteiger partial charge in [-0.15, -0.1) is 0 Å². The molecule has 0 aliphatic rings. The first-order chi connectivity index (χ1) is 13.0. The van der Waals surface area contributed by atoms with Crippen LogP contribution >= 0.6 is 0 Å². The van der Waals surface area contributed by atoms with Crippen molar-refractivity contribution < 1.29 is 24.5 Å². The summed E-state index contributed by atoms with van der Waals surface area (Å²) in [6, 6.07) is 10.0. The van der Waals surface area contributed by atoms with Gasteiger partial charge in [0.1, 0.15) is 17.2 Å². The van der Waals surface area contributed by atoms with Crippen LogP contribution in [0.2, 0.25) is 0 Å². The van der Waals surface area contributed by atoms with Gasteiger partial charge in [-0.3, -0.25) is 9.59 Å². The summed E-state index contributed by atoms with van der Waals surface area (Å²) in [7, 11) is 0. The average Bonchev–Trinajstić information content (AvgIpc) is 2.65. The van der Waals surface area contributed by atoms with E-state index < -0.39 is 0 Å². The van der Waals surface area contributed by atoms with Gasteiger partial charge in [0.05, 0.1) is 5.56 Å². The quantitative estimate of drug-likeness (QED) is 0.266. The molecule has 144 valence electrons. The molecule has 5 nitrogen and oxygen atoms in total. The van der Waals surface area contributed by atoms with Crippen molar-refractivity contribution in [2.75, 3.05) is 0 Å². The first-order valence-electron chi connectivity index (χ1n) is 9.38. The number of ether oxygens (including phenoxy) is 1. The number of carbonyl (C=O) groups is 2. The lowest BCUT2D eigenvalue weighted by Crippen LogP contribution is -2.08. The number of rotatable bonds is 10. The second-order valence-electron chi connectivity index (χ2n) is 6.55. The van der Waals surface area contributed by atoms with Crippen molar-refractivity contribution in [3.63, 3.8) is 0 Å². The van der Waals surface area contributed by atoms with E-state index >= 15 is 0 Å². The van der Waals surface area contributed by atoms with E-state index in [-0.39, 0.29) is 28.8 Å². The first-order valence-corrected chi connectivity index (χ1v) is 9.38. The number of benzene rings is 2. The third-order valence-corrected chi connectivity index (χ3v) is 4.31. The number of hydrogen-bond donors (Lipinski definition) is 2. The highest BCUT2D eigenvalue weighted by molar-refractivity contribution is 6.10. The molecule has 0 spiro atoms. The van der Waals surface area contributed by atoms with Crippen molar-refractivity contribution in [3.8, 4) is 17.2 Å². The third kappa shape index (κ3) is 6.44. The molecule has 0 fully saturated rings. The molecule has 0 atom stereocenters. The topological polar surface area (TPSA) is 83.8 Å². The summed E-state index contributed by atoms with van der Waals surface area (Å²) < 4.78 is 5.29. The molecule has 0 saturated heterocycles. The van der Waals surface area contributed by atoms with Crippen LogP contribution in [0.1, 0.15) is 67.8 Å². The van der Waals surface area contributed by atoms with Gasteiger partial charge < -0.3 is 14.9 Å². The molecule has 2 N–H and O–H groups in total. The van der Waals surface area contributed by atoms with Gasteiger partial charge in [-0.25, -0.2) is 0 Å². The number of phenolic OH excluding ortho intramolecular Hbond substituents is 2. The van der Waals surface area contributed by atoms with E-state index in [2.05, 4.69) is 6.92 Å². The maximum atomic E-state index is 12.4. The number of aromatic hydroxyl groups is 2. The minimum atomic E-state index is -0.377. The number of esters is 1. The number of hydrogen-bond acceptors (Lipinski definition) is 5. The molecule has 2 aromatic rings. The van der Waals surface area contributed by atoms with E-state index in [1.165, 1.54) is 31.4 Å². The van der Waals surface area contributed by atoms with Crippen molar-refractivity contribution in [1.82, 2.24) is 0 Å². The summed E-state index contributed by atoms with van der Waals surface area (Å²) >= 11 is 0. The van der Waals surface area contributed by atoms with Gasteiger partial charge >= 0.3 is 5.97 Å². The molecular weight excluding hydrogens is 344 g/mol. The SMILES string of the molecule is CCCCCCCCC(=O)Oc1ccc(C(=O)c2ccc(O)cc2O)cc1. The van der Waals surface area contributed by atoms with Crippen LogP contribution < -0.4 is 4.74 Å². The largest absolute Gasteiger partial charge is 0.508 e. The number of ketones is 1. The summed E-state index contributed by atoms with van der Waals surface area (Å²) in [5, 5.41) is 19.1. The van der Waals surface area contributed by atoms with Gasteiger partial charge in [-0.05, 0) is 42.8 Å². The molecule has 0 bridgehead atoms. The molecule has 0 saturated carbocycles. The number of unbranched alkanes of at least 4 members (excludes halogenated alkanes) is 5. The maximum Gasteiger partial charge on any atom is 0.311 e. The minimum absolute atomic E-state index is 0.0978. The Morgan fingerprint density at radius 2 is 1.56 bits per heavy atom. The summed E-state index contributed by atoms with van der Waals surface area (Å²) in [6.07, 6.45) is 7.01. The van der Waals surface area contributed by atoms with E-state index in [1.54, 1.807) is 24.3 Å². The molecule has 0 aromatic heterocycles. The molecule has 0 radical (unpaired) electrons. The monoisotopic (exact) mass is 370 g/mol. The van der Waals surface area contributed by atoms with Gasteiger partial charge in [0, 0.05) is 18.1 Å². The molecule has 2 rings (SSSR count). The summed E-state index contributed by atoms with van der Waals surface area (Å²) in [5.41, 5.74) is 0.451. The lowest BCUT2D eigenvalue weighted by Gasteiger charge is -2.07. The predicted molar refractivity (Wildman–Crippen MR) is 103 cm³/mol. The van der Waals surface area contributed by atoms with Gasteiger partial charge in [-0.1, -0.05) is 39.0 Å². The fraction of sp³-hybridized carbons (Fsp3) is 0.364. The molecule has 0 aliphatic carbocycles. The van der Waals surface area contributed by atoms with Crippen LogP contribution in [0.15, 0.2) is 42.5 Å². The van der Waals surface area contributed by atoms with E-state index in [0.717, 1.165) is 25.3 Å². The summed E-state index contributed by atoms with van der Waals surface area (Å²) in [6.45, 7) is 2.17. The standard InChI is InChI=1S/C22H26O5/c1-2-3-4-5-6-7-8-21(25)27-18-12-9-16(10-13-18)22(26)19-14-11-17(23)15-20(19)24/h9-15,23-24H,2-8H2,1H3. The fourth-order valence-electron chi connectivity index (χ4n) is 2.77. The predicted octanol–water partition coefficient (Wildman–Crippen LogP) is 4.98. The van der Waals surface area contributed by atoms with E-state index in [1.807, 2.05) is 0 Å². The molecule has 2 aromatic carbocycles. The molecule has 0 unspecified atom stereocenters. The smallest absolute Gasteiger partial charge is 0.311 e. The van der Waals surface area contributed by atoms with Crippen LogP contribution in [0.5, 0.6) is 17.2 Å². The number of phenols is 2. The first kappa shape index (κ1) is 20.5. The van der Waals surface area contributed by atoms with Crippen molar-refractivity contribution in [3.05, 3.63) is 53.6 Å². The van der Waals surface area contributed by atoms with Gasteiger partial charge in [0.2, 0.25) is 0 Å². The van der Waals surface area contributed by atoms with Crippen LogP contribution in [0, 0.1) is 0 Å².